The highest BCUT2D eigenvalue weighted by Crippen LogP contribution is 2.22. The molecule has 0 fully saturated rings. The summed E-state index contributed by atoms with van der Waals surface area (Å²) in [5.41, 5.74) is 5.06. The summed E-state index contributed by atoms with van der Waals surface area (Å²) in [5.74, 6) is 1.46. The van der Waals surface area contributed by atoms with Gasteiger partial charge in [-0.25, -0.2) is 0 Å². The molecule has 0 saturated heterocycles. The minimum absolute atomic E-state index is 0.472. The fourth-order valence-electron chi connectivity index (χ4n) is 3.59. The average Bonchev–Trinajstić information content (AvgIpc) is 3.00. The van der Waals surface area contributed by atoms with E-state index in [1.54, 1.807) is 0 Å². The highest BCUT2D eigenvalue weighted by Gasteiger charge is 2.17. The zero-order chi connectivity index (χ0) is 19.2. The molecule has 0 bridgehead atoms. The lowest BCUT2D eigenvalue weighted by Crippen LogP contribution is -2.45. The number of rotatable bonds is 5. The molecule has 0 radical (unpaired) electrons. The monoisotopic (exact) mass is 365 g/mol. The molecule has 5 heteroatoms. The number of aromatic nitrogens is 2. The SMILES string of the molecule is CN=C(NCC(C)Cn1nc(C)cc1C)N1CC=C(c2ccccc2)CC1. The van der Waals surface area contributed by atoms with Gasteiger partial charge in [0, 0.05) is 38.9 Å². The van der Waals surface area contributed by atoms with Crippen molar-refractivity contribution in [3.63, 3.8) is 0 Å². The van der Waals surface area contributed by atoms with Crippen molar-refractivity contribution in [2.45, 2.75) is 33.7 Å². The summed E-state index contributed by atoms with van der Waals surface area (Å²) in [6.07, 6.45) is 3.37. The molecule has 144 valence electrons. The molecule has 3 rings (SSSR count). The molecule has 1 N–H and O–H groups in total. The van der Waals surface area contributed by atoms with Crippen molar-refractivity contribution in [2.24, 2.45) is 10.9 Å². The maximum Gasteiger partial charge on any atom is 0.193 e. The van der Waals surface area contributed by atoms with Crippen molar-refractivity contribution < 1.29 is 0 Å². The second kappa shape index (κ2) is 8.89. The van der Waals surface area contributed by atoms with Gasteiger partial charge in [0.2, 0.25) is 0 Å². The molecule has 1 aromatic carbocycles. The van der Waals surface area contributed by atoms with Gasteiger partial charge in [0.1, 0.15) is 0 Å². The van der Waals surface area contributed by atoms with Crippen molar-refractivity contribution in [3.8, 4) is 0 Å². The summed E-state index contributed by atoms with van der Waals surface area (Å²) in [6.45, 7) is 10.1. The number of hydrogen-bond acceptors (Lipinski definition) is 2. The normalized spacial score (nSPS) is 16.2. The highest BCUT2D eigenvalue weighted by atomic mass is 15.3. The molecule has 2 aromatic rings. The summed E-state index contributed by atoms with van der Waals surface area (Å²) in [6, 6.07) is 12.8. The van der Waals surface area contributed by atoms with Crippen LogP contribution in [-0.4, -0.2) is 47.3 Å². The van der Waals surface area contributed by atoms with Crippen LogP contribution in [0.15, 0.2) is 47.5 Å². The summed E-state index contributed by atoms with van der Waals surface area (Å²) in [4.78, 5) is 6.81. The lowest BCUT2D eigenvalue weighted by molar-refractivity contribution is 0.407. The third-order valence-corrected chi connectivity index (χ3v) is 5.06. The van der Waals surface area contributed by atoms with E-state index in [-0.39, 0.29) is 0 Å². The first kappa shape index (κ1) is 19.2. The summed E-state index contributed by atoms with van der Waals surface area (Å²) < 4.78 is 2.10. The van der Waals surface area contributed by atoms with Crippen molar-refractivity contribution in [3.05, 3.63) is 59.4 Å². The molecule has 1 aliphatic rings. The average molecular weight is 366 g/mol. The minimum Gasteiger partial charge on any atom is -0.356 e. The van der Waals surface area contributed by atoms with Crippen molar-refractivity contribution in [2.75, 3.05) is 26.7 Å². The molecule has 0 aliphatic carbocycles. The predicted molar refractivity (Wildman–Crippen MR) is 113 cm³/mol. The Morgan fingerprint density at radius 3 is 2.63 bits per heavy atom. The minimum atomic E-state index is 0.472. The van der Waals surface area contributed by atoms with Crippen LogP contribution in [0.1, 0.15) is 30.3 Å². The first-order valence-electron chi connectivity index (χ1n) is 9.78. The van der Waals surface area contributed by atoms with E-state index in [9.17, 15) is 0 Å². The van der Waals surface area contributed by atoms with Gasteiger partial charge in [-0.05, 0) is 43.4 Å². The molecular formula is C22H31N5. The van der Waals surface area contributed by atoms with Crippen LogP contribution in [0.3, 0.4) is 0 Å². The fraction of sp³-hybridized carbons (Fsp3) is 0.455. The third-order valence-electron chi connectivity index (χ3n) is 5.06. The quantitative estimate of drug-likeness (QED) is 0.651. The Kier molecular flexibility index (Phi) is 6.32. The van der Waals surface area contributed by atoms with Gasteiger partial charge < -0.3 is 10.2 Å². The van der Waals surface area contributed by atoms with Gasteiger partial charge in [0.05, 0.1) is 5.69 Å². The Balaban J connectivity index is 1.52. The zero-order valence-electron chi connectivity index (χ0n) is 16.9. The second-order valence-electron chi connectivity index (χ2n) is 7.43. The number of benzene rings is 1. The Hall–Kier alpha value is -2.56. The van der Waals surface area contributed by atoms with E-state index < -0.39 is 0 Å². The molecule has 0 amide bonds. The summed E-state index contributed by atoms with van der Waals surface area (Å²) in [5, 5.41) is 8.11. The molecule has 0 spiro atoms. The number of guanidine groups is 1. The second-order valence-corrected chi connectivity index (χ2v) is 7.43. The molecule has 2 heterocycles. The van der Waals surface area contributed by atoms with Crippen molar-refractivity contribution in [1.82, 2.24) is 20.0 Å². The van der Waals surface area contributed by atoms with E-state index in [0.29, 0.717) is 5.92 Å². The maximum atomic E-state index is 4.56. The van der Waals surface area contributed by atoms with E-state index in [0.717, 1.165) is 44.3 Å². The summed E-state index contributed by atoms with van der Waals surface area (Å²) >= 11 is 0. The lowest BCUT2D eigenvalue weighted by atomic mass is 10.00. The van der Waals surface area contributed by atoms with Crippen LogP contribution < -0.4 is 5.32 Å². The maximum absolute atomic E-state index is 4.56. The van der Waals surface area contributed by atoms with Crippen molar-refractivity contribution >= 4 is 11.5 Å². The smallest absolute Gasteiger partial charge is 0.193 e. The van der Waals surface area contributed by atoms with Crippen LogP contribution in [0, 0.1) is 19.8 Å². The van der Waals surface area contributed by atoms with Crippen LogP contribution in [0.2, 0.25) is 0 Å². The van der Waals surface area contributed by atoms with E-state index in [2.05, 4.69) is 81.3 Å². The Bertz CT molecular complexity index is 803. The third kappa shape index (κ3) is 5.00. The standard InChI is InChI=1S/C22H31N5/c1-17(16-27-19(3)14-18(2)25-27)15-24-22(23-4)26-12-10-21(11-13-26)20-8-6-5-7-9-20/h5-10,14,17H,11-13,15-16H2,1-4H3,(H,23,24). The predicted octanol–water partition coefficient (Wildman–Crippen LogP) is 3.50. The van der Waals surface area contributed by atoms with Gasteiger partial charge in [0.25, 0.3) is 0 Å². The van der Waals surface area contributed by atoms with Crippen molar-refractivity contribution in [1.29, 1.82) is 0 Å². The van der Waals surface area contributed by atoms with Crippen LogP contribution in [0.5, 0.6) is 0 Å². The molecule has 1 aromatic heterocycles. The lowest BCUT2D eigenvalue weighted by Gasteiger charge is -2.30. The van der Waals surface area contributed by atoms with E-state index in [1.807, 2.05) is 14.0 Å². The van der Waals surface area contributed by atoms with E-state index >= 15 is 0 Å². The molecule has 5 nitrogen and oxygen atoms in total. The van der Waals surface area contributed by atoms with E-state index in [4.69, 9.17) is 0 Å². The highest BCUT2D eigenvalue weighted by molar-refractivity contribution is 5.81. The van der Waals surface area contributed by atoms with Crippen LogP contribution in [0.25, 0.3) is 5.57 Å². The number of aliphatic imine (C=N–C) groups is 1. The van der Waals surface area contributed by atoms with Gasteiger partial charge >= 0.3 is 0 Å². The van der Waals surface area contributed by atoms with Gasteiger partial charge in [0.15, 0.2) is 5.96 Å². The topological polar surface area (TPSA) is 45.5 Å². The molecule has 0 saturated carbocycles. The first-order valence-corrected chi connectivity index (χ1v) is 9.78. The molecule has 1 atom stereocenters. The van der Waals surface area contributed by atoms with Crippen LogP contribution >= 0.6 is 0 Å². The number of aryl methyl sites for hydroxylation is 2. The van der Waals surface area contributed by atoms with Gasteiger partial charge in [-0.1, -0.05) is 43.3 Å². The first-order chi connectivity index (χ1) is 13.1. The van der Waals surface area contributed by atoms with Gasteiger partial charge in [-0.15, -0.1) is 0 Å². The molecule has 1 aliphatic heterocycles. The Labute approximate surface area is 162 Å². The Morgan fingerprint density at radius 1 is 1.26 bits per heavy atom. The molecular weight excluding hydrogens is 334 g/mol. The van der Waals surface area contributed by atoms with Gasteiger partial charge in [-0.3, -0.25) is 9.67 Å². The number of nitrogens with zero attached hydrogens (tertiary/aromatic N) is 4. The van der Waals surface area contributed by atoms with Gasteiger partial charge in [-0.2, -0.15) is 5.10 Å². The molecule has 27 heavy (non-hydrogen) atoms. The van der Waals surface area contributed by atoms with E-state index in [1.165, 1.54) is 16.8 Å². The van der Waals surface area contributed by atoms with Crippen LogP contribution in [0.4, 0.5) is 0 Å². The number of hydrogen-bond donors (Lipinski definition) is 1. The fourth-order valence-corrected chi connectivity index (χ4v) is 3.59. The Morgan fingerprint density at radius 2 is 2.04 bits per heavy atom. The molecule has 1 unspecified atom stereocenters. The largest absolute Gasteiger partial charge is 0.356 e. The zero-order valence-corrected chi connectivity index (χ0v) is 16.9. The summed E-state index contributed by atoms with van der Waals surface area (Å²) in [7, 11) is 1.87. The number of nitrogens with one attached hydrogen (secondary N) is 1. The van der Waals surface area contributed by atoms with Crippen LogP contribution in [-0.2, 0) is 6.54 Å².